The third-order valence-corrected chi connectivity index (χ3v) is 5.28. The Morgan fingerprint density at radius 2 is 1.92 bits per heavy atom. The molecule has 1 saturated carbocycles. The highest BCUT2D eigenvalue weighted by molar-refractivity contribution is 5.80. The monoisotopic (exact) mass is 345 g/mol. The molecule has 1 aromatic carbocycles. The van der Waals surface area contributed by atoms with Crippen LogP contribution in [0, 0.1) is 0 Å². The van der Waals surface area contributed by atoms with E-state index in [1.54, 1.807) is 17.8 Å². The summed E-state index contributed by atoms with van der Waals surface area (Å²) in [5.74, 6) is 0.885. The van der Waals surface area contributed by atoms with E-state index in [1.165, 1.54) is 0 Å². The average Bonchev–Trinajstić information content (AvgIpc) is 2.89. The Labute approximate surface area is 150 Å². The van der Waals surface area contributed by atoms with E-state index in [9.17, 15) is 4.79 Å². The number of benzene rings is 1. The molecule has 0 aliphatic heterocycles. The second-order valence-electron chi connectivity index (χ2n) is 6.91. The highest BCUT2D eigenvalue weighted by atomic mass is 16.1. The molecule has 5 rings (SSSR count). The molecule has 26 heavy (non-hydrogen) atoms. The number of para-hydroxylation sites is 1. The van der Waals surface area contributed by atoms with E-state index in [0.29, 0.717) is 6.04 Å². The molecule has 0 spiro atoms. The molecule has 3 aromatic heterocycles. The molecule has 4 aromatic rings. The lowest BCUT2D eigenvalue weighted by Gasteiger charge is -2.36. The predicted octanol–water partition coefficient (Wildman–Crippen LogP) is 3.10. The lowest BCUT2D eigenvalue weighted by molar-refractivity contribution is 0.280. The molecule has 1 fully saturated rings. The third-order valence-electron chi connectivity index (χ3n) is 5.28. The van der Waals surface area contributed by atoms with Gasteiger partial charge in [0.1, 0.15) is 5.82 Å². The van der Waals surface area contributed by atoms with Crippen molar-refractivity contribution in [1.29, 1.82) is 0 Å². The Bertz CT molecular complexity index is 1170. The maximum atomic E-state index is 12.6. The SMILES string of the molecule is Cn1c(=O)n([C@H]2C[C@H](Nc3ccc4ccccc4n3)C2)c2ncccc21. The zero-order valence-electron chi connectivity index (χ0n) is 14.5. The summed E-state index contributed by atoms with van der Waals surface area (Å²) in [6.07, 6.45) is 3.53. The van der Waals surface area contributed by atoms with Gasteiger partial charge in [-0.25, -0.2) is 14.8 Å². The van der Waals surface area contributed by atoms with Crippen molar-refractivity contribution in [2.45, 2.75) is 24.9 Å². The van der Waals surface area contributed by atoms with Crippen LogP contribution in [0.3, 0.4) is 0 Å². The first kappa shape index (κ1) is 15.1. The third kappa shape index (κ3) is 2.29. The number of pyridine rings is 2. The number of aryl methyl sites for hydroxylation is 1. The van der Waals surface area contributed by atoms with E-state index in [0.717, 1.165) is 40.7 Å². The van der Waals surface area contributed by atoms with E-state index in [2.05, 4.69) is 27.4 Å². The summed E-state index contributed by atoms with van der Waals surface area (Å²) < 4.78 is 3.51. The standard InChI is InChI=1S/C20H19N5O/c1-24-17-7-4-10-21-19(17)25(20(24)26)15-11-14(12-15)22-18-9-8-13-5-2-3-6-16(13)23-18/h2-10,14-15H,11-12H2,1H3,(H,22,23)/t14-,15-. The quantitative estimate of drug-likeness (QED) is 0.620. The Morgan fingerprint density at radius 1 is 1.08 bits per heavy atom. The molecule has 1 aliphatic carbocycles. The molecule has 0 saturated heterocycles. The molecule has 0 unspecified atom stereocenters. The van der Waals surface area contributed by atoms with Gasteiger partial charge in [-0.1, -0.05) is 18.2 Å². The first-order chi connectivity index (χ1) is 12.7. The van der Waals surface area contributed by atoms with Crippen LogP contribution in [0.1, 0.15) is 18.9 Å². The van der Waals surface area contributed by atoms with E-state index in [-0.39, 0.29) is 11.7 Å². The maximum absolute atomic E-state index is 12.6. The van der Waals surface area contributed by atoms with Gasteiger partial charge in [0, 0.05) is 30.7 Å². The van der Waals surface area contributed by atoms with Crippen LogP contribution in [0.5, 0.6) is 0 Å². The van der Waals surface area contributed by atoms with Crippen molar-refractivity contribution in [1.82, 2.24) is 19.1 Å². The van der Waals surface area contributed by atoms with Crippen LogP contribution >= 0.6 is 0 Å². The number of hydrogen-bond donors (Lipinski definition) is 1. The van der Waals surface area contributed by atoms with E-state index < -0.39 is 0 Å². The van der Waals surface area contributed by atoms with Gasteiger partial charge in [0.2, 0.25) is 0 Å². The molecule has 1 N–H and O–H groups in total. The van der Waals surface area contributed by atoms with Gasteiger partial charge >= 0.3 is 5.69 Å². The summed E-state index contributed by atoms with van der Waals surface area (Å²) in [4.78, 5) is 21.7. The van der Waals surface area contributed by atoms with Gasteiger partial charge < -0.3 is 5.32 Å². The normalized spacial score (nSPS) is 19.6. The molecule has 0 bridgehead atoms. The highest BCUT2D eigenvalue weighted by Gasteiger charge is 2.33. The molecule has 3 heterocycles. The molecule has 0 amide bonds. The minimum Gasteiger partial charge on any atom is -0.367 e. The molecule has 0 atom stereocenters. The summed E-state index contributed by atoms with van der Waals surface area (Å²) >= 11 is 0. The van der Waals surface area contributed by atoms with E-state index in [1.807, 2.05) is 41.0 Å². The molecule has 6 nitrogen and oxygen atoms in total. The number of hydrogen-bond acceptors (Lipinski definition) is 4. The Balaban J connectivity index is 1.36. The van der Waals surface area contributed by atoms with Gasteiger partial charge in [0.15, 0.2) is 5.65 Å². The van der Waals surface area contributed by atoms with Gasteiger partial charge in [-0.15, -0.1) is 0 Å². The van der Waals surface area contributed by atoms with Crippen LogP contribution in [0.4, 0.5) is 5.82 Å². The fraction of sp³-hybridized carbons (Fsp3) is 0.250. The fourth-order valence-corrected chi connectivity index (χ4v) is 3.79. The second kappa shape index (κ2) is 5.69. The number of fused-ring (bicyclic) bond motifs is 2. The van der Waals surface area contributed by atoms with E-state index >= 15 is 0 Å². The molecular formula is C20H19N5O. The Kier molecular flexibility index (Phi) is 3.31. The number of nitrogens with zero attached hydrogens (tertiary/aromatic N) is 4. The zero-order chi connectivity index (χ0) is 17.7. The van der Waals surface area contributed by atoms with Crippen molar-refractivity contribution in [3.63, 3.8) is 0 Å². The van der Waals surface area contributed by atoms with E-state index in [4.69, 9.17) is 0 Å². The van der Waals surface area contributed by atoms with Gasteiger partial charge in [-0.05, 0) is 43.2 Å². The largest absolute Gasteiger partial charge is 0.367 e. The van der Waals surface area contributed by atoms with Crippen molar-refractivity contribution in [2.75, 3.05) is 5.32 Å². The molecular weight excluding hydrogens is 326 g/mol. The van der Waals surface area contributed by atoms with Crippen LogP contribution in [0.25, 0.3) is 22.1 Å². The van der Waals surface area contributed by atoms with Crippen molar-refractivity contribution in [3.05, 3.63) is 65.2 Å². The van der Waals surface area contributed by atoms with Crippen molar-refractivity contribution in [3.8, 4) is 0 Å². The summed E-state index contributed by atoms with van der Waals surface area (Å²) in [5.41, 5.74) is 2.64. The number of rotatable bonds is 3. The fourth-order valence-electron chi connectivity index (χ4n) is 3.79. The van der Waals surface area contributed by atoms with Gasteiger partial charge in [-0.3, -0.25) is 9.13 Å². The minimum atomic E-state index is 0.00554. The lowest BCUT2D eigenvalue weighted by atomic mass is 9.86. The maximum Gasteiger partial charge on any atom is 0.330 e. The first-order valence-electron chi connectivity index (χ1n) is 8.85. The predicted molar refractivity (Wildman–Crippen MR) is 102 cm³/mol. The average molecular weight is 345 g/mol. The van der Waals surface area contributed by atoms with Crippen LogP contribution in [0.2, 0.25) is 0 Å². The number of nitrogens with one attached hydrogen (secondary N) is 1. The van der Waals surface area contributed by atoms with Gasteiger partial charge in [0.05, 0.1) is 11.0 Å². The van der Waals surface area contributed by atoms with Crippen LogP contribution in [-0.2, 0) is 7.05 Å². The van der Waals surface area contributed by atoms with Crippen LogP contribution < -0.4 is 11.0 Å². The topological polar surface area (TPSA) is 64.7 Å². The summed E-state index contributed by atoms with van der Waals surface area (Å²) in [6, 6.07) is 16.5. The molecule has 0 radical (unpaired) electrons. The highest BCUT2D eigenvalue weighted by Crippen LogP contribution is 2.35. The number of anilines is 1. The molecule has 6 heteroatoms. The summed E-state index contributed by atoms with van der Waals surface area (Å²) in [7, 11) is 1.80. The lowest BCUT2D eigenvalue weighted by Crippen LogP contribution is -2.41. The minimum absolute atomic E-state index is 0.00554. The van der Waals surface area contributed by atoms with Crippen LogP contribution in [0.15, 0.2) is 59.5 Å². The van der Waals surface area contributed by atoms with Crippen molar-refractivity contribution in [2.24, 2.45) is 7.05 Å². The zero-order valence-corrected chi connectivity index (χ0v) is 14.5. The smallest absolute Gasteiger partial charge is 0.330 e. The number of imidazole rings is 1. The van der Waals surface area contributed by atoms with Gasteiger partial charge in [0.25, 0.3) is 0 Å². The van der Waals surface area contributed by atoms with Crippen molar-refractivity contribution < 1.29 is 0 Å². The molecule has 130 valence electrons. The van der Waals surface area contributed by atoms with Crippen molar-refractivity contribution >= 4 is 27.9 Å². The Morgan fingerprint density at radius 3 is 2.81 bits per heavy atom. The Hall–Kier alpha value is -3.15. The summed E-state index contributed by atoms with van der Waals surface area (Å²) in [5, 5.41) is 4.63. The van der Waals surface area contributed by atoms with Gasteiger partial charge in [-0.2, -0.15) is 0 Å². The molecule has 1 aliphatic rings. The first-order valence-corrected chi connectivity index (χ1v) is 8.85. The summed E-state index contributed by atoms with van der Waals surface area (Å²) in [6.45, 7) is 0. The second-order valence-corrected chi connectivity index (χ2v) is 6.91. The number of aromatic nitrogens is 4. The van der Waals surface area contributed by atoms with Crippen LogP contribution in [-0.4, -0.2) is 25.1 Å².